The van der Waals surface area contributed by atoms with Gasteiger partial charge >= 0.3 is 7.60 Å². The van der Waals surface area contributed by atoms with Gasteiger partial charge in [-0.15, -0.1) is 0 Å². The Morgan fingerprint density at radius 2 is 1.60 bits per heavy atom. The molecule has 20 nitrogen and oxygen atoms in total. The maximum Gasteiger partial charge on any atom is 0.330 e. The van der Waals surface area contributed by atoms with Crippen LogP contribution in [0.15, 0.2) is 0 Å². The third-order valence-electron chi connectivity index (χ3n) is 7.98. The van der Waals surface area contributed by atoms with Crippen molar-refractivity contribution >= 4 is 13.5 Å². The average molecular weight is 710 g/mol. The van der Waals surface area contributed by atoms with Crippen molar-refractivity contribution in [2.75, 3.05) is 47.1 Å². The van der Waals surface area contributed by atoms with Gasteiger partial charge in [0.05, 0.1) is 44.6 Å². The highest BCUT2D eigenvalue weighted by Gasteiger charge is 2.51. The Labute approximate surface area is 272 Å². The Morgan fingerprint density at radius 1 is 0.979 bits per heavy atom. The van der Waals surface area contributed by atoms with Gasteiger partial charge in [-0.3, -0.25) is 13.9 Å². The highest BCUT2D eigenvalue weighted by molar-refractivity contribution is 7.53. The predicted octanol–water partition coefficient (Wildman–Crippen LogP) is -6.36. The highest BCUT2D eigenvalue weighted by atomic mass is 31.2. The van der Waals surface area contributed by atoms with Gasteiger partial charge in [0.1, 0.15) is 61.0 Å². The molecule has 16 atom stereocenters. The van der Waals surface area contributed by atoms with E-state index in [1.165, 1.54) is 20.6 Å². The van der Waals surface area contributed by atoms with E-state index in [9.17, 15) is 50.2 Å². The standard InChI is InChI=1S/C17H34NO11P.C9H18N2O6/c1-8-13(22)15(24)11(27-8)7-26-30(4,25)29-17(2)5-9(20)12(18-3)16(28-17)14(23)10(21)6-19;1-10-2-5(13)11-6-8(15)7(14)4(3-12)17-9(6)16/h8-16,18-24H,5-7H2,1-4H3;4,6-10,12,14-16H,2-3H2,1H3,(H,11,13)/t8?,9?,10-,11?,12?,13?,14-,15?,16?,17?,30?;/m1./s1. The monoisotopic (exact) mass is 709 g/mol. The SMILES string of the molecule is CNC1C(O)CC(C)(OP(C)(=O)OCC2OC(C)C(O)C2O)OC1[C@H](O)[C@H](O)CO.CNCC(=O)NC1C(O)OC(CO)C(O)C1O. The summed E-state index contributed by atoms with van der Waals surface area (Å²) in [6, 6.07) is -1.92. The summed E-state index contributed by atoms with van der Waals surface area (Å²) >= 11 is 0. The molecule has 0 aromatic heterocycles. The molecular formula is C26H52N3O17P. The minimum absolute atomic E-state index is 0.00939. The fourth-order valence-electron chi connectivity index (χ4n) is 5.47. The molecule has 0 bridgehead atoms. The van der Waals surface area contributed by atoms with Gasteiger partial charge in [0.25, 0.3) is 0 Å². The zero-order chi connectivity index (χ0) is 35.9. The van der Waals surface area contributed by atoms with Gasteiger partial charge in [0.15, 0.2) is 12.1 Å². The van der Waals surface area contributed by atoms with Crippen molar-refractivity contribution in [1.29, 1.82) is 0 Å². The van der Waals surface area contributed by atoms with E-state index < -0.39 is 118 Å². The molecule has 0 saturated carbocycles. The molecule has 21 heteroatoms. The molecule has 13 N–H and O–H groups in total. The molecule has 1 amide bonds. The van der Waals surface area contributed by atoms with Crippen molar-refractivity contribution < 1.29 is 83.7 Å². The van der Waals surface area contributed by atoms with Gasteiger partial charge in [-0.1, -0.05) is 0 Å². The summed E-state index contributed by atoms with van der Waals surface area (Å²) in [6.07, 6.45) is -14.7. The van der Waals surface area contributed by atoms with Crippen LogP contribution in [0.2, 0.25) is 0 Å². The topological polar surface area (TPSA) is 319 Å². The summed E-state index contributed by atoms with van der Waals surface area (Å²) in [5.74, 6) is -2.10. The molecule has 3 rings (SSSR count). The molecule has 0 spiro atoms. The molecule has 278 valence electrons. The first-order chi connectivity index (χ1) is 21.8. The quantitative estimate of drug-likeness (QED) is 0.0791. The molecule has 3 aliphatic rings. The van der Waals surface area contributed by atoms with E-state index in [-0.39, 0.29) is 19.6 Å². The van der Waals surface area contributed by atoms with Crippen LogP contribution in [0, 0.1) is 0 Å². The number of carbonyl (C=O) groups excluding carboxylic acids is 1. The van der Waals surface area contributed by atoms with Gasteiger partial charge in [-0.2, -0.15) is 0 Å². The zero-order valence-corrected chi connectivity index (χ0v) is 27.8. The highest BCUT2D eigenvalue weighted by Crippen LogP contribution is 2.51. The van der Waals surface area contributed by atoms with Crippen molar-refractivity contribution in [2.24, 2.45) is 0 Å². The molecule has 0 aliphatic carbocycles. The van der Waals surface area contributed by atoms with Crippen LogP contribution in [0.3, 0.4) is 0 Å². The molecule has 3 fully saturated rings. The number of hydrogen-bond donors (Lipinski definition) is 13. The number of rotatable bonds is 13. The summed E-state index contributed by atoms with van der Waals surface area (Å²) < 4.78 is 39.7. The lowest BCUT2D eigenvalue weighted by atomic mass is 9.89. The maximum atomic E-state index is 12.9. The van der Waals surface area contributed by atoms with E-state index in [2.05, 4.69) is 16.0 Å². The Bertz CT molecular complexity index is 1020. The van der Waals surface area contributed by atoms with E-state index in [1.807, 2.05) is 0 Å². The number of likely N-dealkylation sites (N-methyl/N-ethyl adjacent to an activating group) is 2. The molecule has 0 aromatic rings. The number of aliphatic hydroxyl groups is 10. The number of carbonyl (C=O) groups is 1. The van der Waals surface area contributed by atoms with Crippen LogP contribution in [-0.4, -0.2) is 195 Å². The van der Waals surface area contributed by atoms with Crippen LogP contribution in [0.5, 0.6) is 0 Å². The van der Waals surface area contributed by atoms with Gasteiger partial charge in [0, 0.05) is 13.1 Å². The molecule has 47 heavy (non-hydrogen) atoms. The van der Waals surface area contributed by atoms with Crippen molar-refractivity contribution in [1.82, 2.24) is 16.0 Å². The minimum atomic E-state index is -3.81. The maximum absolute atomic E-state index is 12.9. The molecule has 3 saturated heterocycles. The summed E-state index contributed by atoms with van der Waals surface area (Å²) in [4.78, 5) is 11.3. The average Bonchev–Trinajstić information content (AvgIpc) is 3.25. The predicted molar refractivity (Wildman–Crippen MR) is 159 cm³/mol. The van der Waals surface area contributed by atoms with Crippen LogP contribution in [0.1, 0.15) is 20.3 Å². The van der Waals surface area contributed by atoms with Crippen LogP contribution >= 0.6 is 7.60 Å². The van der Waals surface area contributed by atoms with Crippen molar-refractivity contribution in [3.63, 3.8) is 0 Å². The lowest BCUT2D eigenvalue weighted by Crippen LogP contribution is -2.64. The first kappa shape index (κ1) is 42.2. The normalized spacial score (nSPS) is 41.7. The van der Waals surface area contributed by atoms with Crippen LogP contribution in [-0.2, 0) is 32.6 Å². The molecule has 0 radical (unpaired) electrons. The van der Waals surface area contributed by atoms with Crippen LogP contribution in [0.25, 0.3) is 0 Å². The molecule has 3 heterocycles. The number of aliphatic hydroxyl groups excluding tert-OH is 10. The van der Waals surface area contributed by atoms with Crippen molar-refractivity contribution in [3.8, 4) is 0 Å². The second kappa shape index (κ2) is 18.3. The second-order valence-corrected chi connectivity index (χ2v) is 13.9. The second-order valence-electron chi connectivity index (χ2n) is 11.9. The van der Waals surface area contributed by atoms with Crippen LogP contribution < -0.4 is 16.0 Å². The van der Waals surface area contributed by atoms with E-state index in [0.717, 1.165) is 0 Å². The first-order valence-corrected chi connectivity index (χ1v) is 17.0. The Kier molecular flexibility index (Phi) is 16.4. The molecule has 14 unspecified atom stereocenters. The number of nitrogens with one attached hydrogen (secondary N) is 3. The largest absolute Gasteiger partial charge is 0.394 e. The van der Waals surface area contributed by atoms with E-state index in [4.69, 9.17) is 33.5 Å². The number of ether oxygens (including phenoxy) is 3. The number of hydrogen-bond acceptors (Lipinski definition) is 19. The van der Waals surface area contributed by atoms with Gasteiger partial charge < -0.3 is 85.7 Å². The minimum Gasteiger partial charge on any atom is -0.394 e. The van der Waals surface area contributed by atoms with E-state index >= 15 is 0 Å². The molecular weight excluding hydrogens is 657 g/mol. The number of amides is 1. The summed E-state index contributed by atoms with van der Waals surface area (Å²) in [6.45, 7) is 2.59. The van der Waals surface area contributed by atoms with Gasteiger partial charge in [-0.05, 0) is 27.9 Å². The Balaban J connectivity index is 0.000000382. The smallest absolute Gasteiger partial charge is 0.330 e. The summed E-state index contributed by atoms with van der Waals surface area (Å²) in [5, 5.41) is 105. The summed E-state index contributed by atoms with van der Waals surface area (Å²) in [7, 11) is -0.710. The van der Waals surface area contributed by atoms with Gasteiger partial charge in [-0.25, -0.2) is 0 Å². The fourth-order valence-corrected chi connectivity index (χ4v) is 6.76. The van der Waals surface area contributed by atoms with Crippen molar-refractivity contribution in [3.05, 3.63) is 0 Å². The fraction of sp³-hybridized carbons (Fsp3) is 0.962. The Morgan fingerprint density at radius 3 is 2.11 bits per heavy atom. The van der Waals surface area contributed by atoms with Crippen LogP contribution in [0.4, 0.5) is 0 Å². The Hall–Kier alpha value is -0.980. The lowest BCUT2D eigenvalue weighted by molar-refractivity contribution is -0.282. The van der Waals surface area contributed by atoms with E-state index in [0.29, 0.717) is 0 Å². The third kappa shape index (κ3) is 11.3. The van der Waals surface area contributed by atoms with Crippen molar-refractivity contribution in [2.45, 2.75) is 112 Å². The van der Waals surface area contributed by atoms with E-state index in [1.54, 1.807) is 14.0 Å². The van der Waals surface area contributed by atoms with Gasteiger partial charge in [0.2, 0.25) is 5.91 Å². The first-order valence-electron chi connectivity index (χ1n) is 15.0. The lowest BCUT2D eigenvalue weighted by Gasteiger charge is -2.47. The summed E-state index contributed by atoms with van der Waals surface area (Å²) in [5.41, 5.74) is 0. The molecule has 0 aromatic carbocycles. The third-order valence-corrected chi connectivity index (χ3v) is 9.32. The molecule has 3 aliphatic heterocycles. The zero-order valence-electron chi connectivity index (χ0n) is 26.9.